The molecule has 1 N–H and O–H groups in total. The molecule has 0 aliphatic carbocycles. The summed E-state index contributed by atoms with van der Waals surface area (Å²) in [4.78, 5) is 2.34. The maximum absolute atomic E-state index is 5.64. The van der Waals surface area contributed by atoms with E-state index in [1.807, 2.05) is 36.4 Å². The molecule has 3 aromatic rings. The Morgan fingerprint density at radius 3 is 2.56 bits per heavy atom. The monoisotopic (exact) mass is 340 g/mol. The summed E-state index contributed by atoms with van der Waals surface area (Å²) in [6.45, 7) is 8.88. The van der Waals surface area contributed by atoms with Gasteiger partial charge in [-0.1, -0.05) is 36.6 Å². The average Bonchev–Trinajstić information content (AvgIpc) is 3.31. The lowest BCUT2D eigenvalue weighted by atomic mass is 10.2. The highest BCUT2D eigenvalue weighted by Gasteiger charge is 2.21. The number of aryl methyl sites for hydroxylation is 1. The van der Waals surface area contributed by atoms with Gasteiger partial charge in [-0.2, -0.15) is 4.68 Å². The molecular formula is C18H24N6O. The molecule has 25 heavy (non-hydrogen) atoms. The van der Waals surface area contributed by atoms with Crippen LogP contribution in [0.25, 0.3) is 5.69 Å². The highest BCUT2D eigenvalue weighted by atomic mass is 16.3. The number of furan rings is 1. The van der Waals surface area contributed by atoms with Crippen LogP contribution >= 0.6 is 0 Å². The van der Waals surface area contributed by atoms with Gasteiger partial charge in [-0.05, 0) is 54.7 Å². The lowest BCUT2D eigenvalue weighted by Gasteiger charge is -2.28. The molecule has 3 rings (SSSR count). The van der Waals surface area contributed by atoms with E-state index in [1.165, 1.54) is 5.56 Å². The fourth-order valence-electron chi connectivity index (χ4n) is 2.90. The molecule has 7 nitrogen and oxygen atoms in total. The van der Waals surface area contributed by atoms with Crippen LogP contribution in [0.4, 0.5) is 5.95 Å². The average molecular weight is 340 g/mol. The van der Waals surface area contributed by atoms with E-state index in [9.17, 15) is 0 Å². The Hall–Kier alpha value is -2.67. The van der Waals surface area contributed by atoms with Gasteiger partial charge in [-0.25, -0.2) is 0 Å². The number of likely N-dealkylation sites (N-methyl/N-ethyl adjacent to an activating group) is 1. The lowest BCUT2D eigenvalue weighted by Crippen LogP contribution is -2.33. The van der Waals surface area contributed by atoms with Crippen LogP contribution in [0, 0.1) is 6.92 Å². The molecule has 7 heteroatoms. The Labute approximate surface area is 147 Å². The number of hydrogen-bond donors (Lipinski definition) is 1. The van der Waals surface area contributed by atoms with Gasteiger partial charge < -0.3 is 9.73 Å². The Balaban J connectivity index is 1.78. The second-order valence-corrected chi connectivity index (χ2v) is 5.88. The third-order valence-electron chi connectivity index (χ3n) is 4.33. The third kappa shape index (κ3) is 3.88. The number of aromatic nitrogens is 4. The number of anilines is 1. The summed E-state index contributed by atoms with van der Waals surface area (Å²) in [5, 5.41) is 15.4. The van der Waals surface area contributed by atoms with Crippen molar-refractivity contribution in [3.63, 3.8) is 0 Å². The van der Waals surface area contributed by atoms with E-state index in [1.54, 1.807) is 10.9 Å². The van der Waals surface area contributed by atoms with E-state index >= 15 is 0 Å². The molecule has 0 aliphatic rings. The predicted octanol–water partition coefficient (Wildman–Crippen LogP) is 3.06. The third-order valence-corrected chi connectivity index (χ3v) is 4.33. The molecule has 2 heterocycles. The van der Waals surface area contributed by atoms with E-state index in [4.69, 9.17) is 4.42 Å². The molecule has 1 aromatic carbocycles. The van der Waals surface area contributed by atoms with Gasteiger partial charge in [0.25, 0.3) is 0 Å². The number of nitrogens with one attached hydrogen (secondary N) is 1. The minimum absolute atomic E-state index is 0.119. The molecule has 0 spiro atoms. The van der Waals surface area contributed by atoms with Gasteiger partial charge >= 0.3 is 0 Å². The molecule has 1 atom stereocenters. The van der Waals surface area contributed by atoms with Crippen molar-refractivity contribution in [2.75, 3.05) is 25.0 Å². The zero-order valence-electron chi connectivity index (χ0n) is 14.9. The highest BCUT2D eigenvalue weighted by molar-refractivity contribution is 5.40. The van der Waals surface area contributed by atoms with Gasteiger partial charge in [-0.3, -0.25) is 4.90 Å². The van der Waals surface area contributed by atoms with Gasteiger partial charge in [-0.15, -0.1) is 0 Å². The first-order chi connectivity index (χ1) is 12.2. The topological polar surface area (TPSA) is 72.0 Å². The van der Waals surface area contributed by atoms with Gasteiger partial charge in [0.05, 0.1) is 18.0 Å². The number of tetrazole rings is 1. The summed E-state index contributed by atoms with van der Waals surface area (Å²) in [5.74, 6) is 1.55. The second-order valence-electron chi connectivity index (χ2n) is 5.88. The van der Waals surface area contributed by atoms with E-state index in [-0.39, 0.29) is 6.04 Å². The molecular weight excluding hydrogens is 316 g/mol. The number of rotatable bonds is 8. The van der Waals surface area contributed by atoms with Crippen molar-refractivity contribution < 1.29 is 4.42 Å². The molecule has 2 aromatic heterocycles. The molecule has 132 valence electrons. The maximum atomic E-state index is 5.64. The molecule has 0 saturated heterocycles. The zero-order valence-corrected chi connectivity index (χ0v) is 14.9. The Morgan fingerprint density at radius 2 is 1.92 bits per heavy atom. The smallest absolute Gasteiger partial charge is 0.247 e. The van der Waals surface area contributed by atoms with Crippen molar-refractivity contribution >= 4 is 5.95 Å². The summed E-state index contributed by atoms with van der Waals surface area (Å²) < 4.78 is 7.35. The SMILES string of the molecule is CCN(CC)C(CNc1nnnn1-c1ccc(C)cc1)c1ccco1. The Bertz CT molecular complexity index is 761. The minimum Gasteiger partial charge on any atom is -0.468 e. The predicted molar refractivity (Wildman–Crippen MR) is 96.8 cm³/mol. The van der Waals surface area contributed by atoms with E-state index in [2.05, 4.69) is 46.5 Å². The molecule has 0 amide bonds. The van der Waals surface area contributed by atoms with Gasteiger partial charge in [0.1, 0.15) is 5.76 Å². The van der Waals surface area contributed by atoms with Crippen LogP contribution in [0.15, 0.2) is 47.1 Å². The van der Waals surface area contributed by atoms with Crippen molar-refractivity contribution in [1.82, 2.24) is 25.1 Å². The van der Waals surface area contributed by atoms with Crippen LogP contribution in [0.1, 0.15) is 31.2 Å². The Kier molecular flexibility index (Phi) is 5.45. The van der Waals surface area contributed by atoms with Crippen LogP contribution in [-0.2, 0) is 0 Å². The summed E-state index contributed by atoms with van der Waals surface area (Å²) in [7, 11) is 0. The second kappa shape index (κ2) is 7.94. The molecule has 0 saturated carbocycles. The van der Waals surface area contributed by atoms with Crippen molar-refractivity contribution in [1.29, 1.82) is 0 Å². The number of hydrogen-bond acceptors (Lipinski definition) is 6. The zero-order chi connectivity index (χ0) is 17.6. The van der Waals surface area contributed by atoms with Crippen molar-refractivity contribution in [3.8, 4) is 5.69 Å². The largest absolute Gasteiger partial charge is 0.468 e. The molecule has 1 unspecified atom stereocenters. The first-order valence-corrected chi connectivity index (χ1v) is 8.59. The van der Waals surface area contributed by atoms with Gasteiger partial charge in [0.2, 0.25) is 5.95 Å². The summed E-state index contributed by atoms with van der Waals surface area (Å²) >= 11 is 0. The van der Waals surface area contributed by atoms with Crippen LogP contribution in [0.2, 0.25) is 0 Å². The Morgan fingerprint density at radius 1 is 1.16 bits per heavy atom. The highest BCUT2D eigenvalue weighted by Crippen LogP contribution is 2.22. The van der Waals surface area contributed by atoms with Crippen LogP contribution < -0.4 is 5.32 Å². The van der Waals surface area contributed by atoms with Gasteiger partial charge in [0.15, 0.2) is 0 Å². The number of benzene rings is 1. The summed E-state index contributed by atoms with van der Waals surface area (Å²) in [5.41, 5.74) is 2.13. The summed E-state index contributed by atoms with van der Waals surface area (Å²) in [6.07, 6.45) is 1.71. The van der Waals surface area contributed by atoms with Gasteiger partial charge in [0, 0.05) is 6.54 Å². The van der Waals surface area contributed by atoms with E-state index in [0.717, 1.165) is 24.5 Å². The fraction of sp³-hybridized carbons (Fsp3) is 0.389. The molecule has 0 bridgehead atoms. The molecule has 0 aliphatic heterocycles. The standard InChI is InChI=1S/C18H24N6O/c1-4-23(5-2)16(17-7-6-12-25-17)13-19-18-20-21-22-24(18)15-10-8-14(3)9-11-15/h6-12,16H,4-5,13H2,1-3H3,(H,19,20,22). The van der Waals surface area contributed by atoms with Crippen LogP contribution in [0.5, 0.6) is 0 Å². The quantitative estimate of drug-likeness (QED) is 0.679. The molecule has 0 radical (unpaired) electrons. The van der Waals surface area contributed by atoms with E-state index in [0.29, 0.717) is 12.5 Å². The van der Waals surface area contributed by atoms with Crippen LogP contribution in [0.3, 0.4) is 0 Å². The van der Waals surface area contributed by atoms with Crippen LogP contribution in [-0.4, -0.2) is 44.7 Å². The number of nitrogens with zero attached hydrogens (tertiary/aromatic N) is 5. The van der Waals surface area contributed by atoms with E-state index < -0.39 is 0 Å². The molecule has 0 fully saturated rings. The van der Waals surface area contributed by atoms with Crippen molar-refractivity contribution in [2.24, 2.45) is 0 Å². The maximum Gasteiger partial charge on any atom is 0.247 e. The lowest BCUT2D eigenvalue weighted by molar-refractivity contribution is 0.201. The van der Waals surface area contributed by atoms with Crippen molar-refractivity contribution in [2.45, 2.75) is 26.8 Å². The first kappa shape index (κ1) is 17.2. The fourth-order valence-corrected chi connectivity index (χ4v) is 2.90. The first-order valence-electron chi connectivity index (χ1n) is 8.59. The van der Waals surface area contributed by atoms with Crippen molar-refractivity contribution in [3.05, 3.63) is 54.0 Å². The summed E-state index contributed by atoms with van der Waals surface area (Å²) in [6, 6.07) is 12.1. The normalized spacial score (nSPS) is 12.5. The minimum atomic E-state index is 0.119.